The Bertz CT molecular complexity index is 869. The van der Waals surface area contributed by atoms with Crippen molar-refractivity contribution in [2.24, 2.45) is 0 Å². The number of hydrogen-bond acceptors (Lipinski definition) is 3. The number of rotatable bonds is 6. The van der Waals surface area contributed by atoms with Gasteiger partial charge in [-0.05, 0) is 12.1 Å². The number of hydrogen-bond donors (Lipinski definition) is 0. The maximum atomic E-state index is 12.8. The van der Waals surface area contributed by atoms with E-state index in [2.05, 4.69) is 0 Å². The largest absolute Gasteiger partial charge is 0.294 e. The van der Waals surface area contributed by atoms with Crippen molar-refractivity contribution in [1.82, 2.24) is 0 Å². The van der Waals surface area contributed by atoms with E-state index in [1.807, 2.05) is 24.3 Å². The normalized spacial score (nSPS) is 11.8. The summed E-state index contributed by atoms with van der Waals surface area (Å²) in [5, 5.41) is 0.285. The van der Waals surface area contributed by atoms with Gasteiger partial charge in [0.1, 0.15) is 0 Å². The molecule has 0 aromatic heterocycles. The van der Waals surface area contributed by atoms with Gasteiger partial charge < -0.3 is 0 Å². The summed E-state index contributed by atoms with van der Waals surface area (Å²) < 4.78 is 0. The van der Waals surface area contributed by atoms with Crippen molar-refractivity contribution >= 4 is 45.9 Å². The summed E-state index contributed by atoms with van der Waals surface area (Å²) in [5.74, 6) is -0.0649. The highest BCUT2D eigenvalue weighted by Crippen LogP contribution is 2.42. The molecule has 0 saturated heterocycles. The molecule has 3 rings (SSSR count). The molecule has 0 heterocycles. The first-order valence-electron chi connectivity index (χ1n) is 8.34. The monoisotopic (exact) mass is 414 g/mol. The number of benzene rings is 3. The Morgan fingerprint density at radius 3 is 1.81 bits per heavy atom. The highest BCUT2D eigenvalue weighted by Gasteiger charge is 2.25. The van der Waals surface area contributed by atoms with Crippen molar-refractivity contribution in [3.05, 3.63) is 106 Å². The second kappa shape index (κ2) is 9.23. The molecule has 27 heavy (non-hydrogen) atoms. The Kier molecular flexibility index (Phi) is 6.73. The average Bonchev–Trinajstić information content (AvgIpc) is 2.69. The zero-order valence-electron chi connectivity index (χ0n) is 14.3. The number of carbonyl (C=O) groups excluding carboxylic acids is 2. The Balaban J connectivity index is 1.91. The van der Waals surface area contributed by atoms with Crippen LogP contribution in [0.4, 0.5) is 0 Å². The van der Waals surface area contributed by atoms with Gasteiger partial charge in [-0.1, -0.05) is 102 Å². The predicted molar refractivity (Wildman–Crippen MR) is 113 cm³/mol. The minimum Gasteiger partial charge on any atom is -0.294 e. The standard InChI is InChI=1S/C22H16Cl2O2S/c23-17-12-7-13-18(24)21(17)20(14-19(25)15-8-3-1-4-9-15)27-22(26)16-10-5-2-6-11-16/h1-13,20H,14H2. The van der Waals surface area contributed by atoms with Crippen molar-refractivity contribution in [1.29, 1.82) is 0 Å². The summed E-state index contributed by atoms with van der Waals surface area (Å²) in [6.07, 6.45) is 0.122. The fourth-order valence-corrected chi connectivity index (χ4v) is 4.63. The van der Waals surface area contributed by atoms with Crippen LogP contribution in [0.15, 0.2) is 78.9 Å². The Morgan fingerprint density at radius 2 is 1.26 bits per heavy atom. The zero-order valence-corrected chi connectivity index (χ0v) is 16.6. The molecule has 0 radical (unpaired) electrons. The van der Waals surface area contributed by atoms with Crippen molar-refractivity contribution in [2.45, 2.75) is 11.7 Å². The lowest BCUT2D eigenvalue weighted by Gasteiger charge is -2.18. The SMILES string of the molecule is O=C(CC(SC(=O)c1ccccc1)c1c(Cl)cccc1Cl)c1ccccc1. The fraction of sp³-hybridized carbons (Fsp3) is 0.0909. The Hall–Kier alpha value is -2.07. The summed E-state index contributed by atoms with van der Waals surface area (Å²) in [5.41, 5.74) is 1.78. The van der Waals surface area contributed by atoms with Gasteiger partial charge in [-0.2, -0.15) is 0 Å². The molecule has 1 unspecified atom stereocenters. The predicted octanol–water partition coefficient (Wildman–Crippen LogP) is 6.88. The fourth-order valence-electron chi connectivity index (χ4n) is 2.70. The van der Waals surface area contributed by atoms with Crippen LogP contribution in [-0.4, -0.2) is 10.9 Å². The lowest BCUT2D eigenvalue weighted by Crippen LogP contribution is -2.09. The van der Waals surface area contributed by atoms with Crippen LogP contribution in [-0.2, 0) is 0 Å². The molecule has 5 heteroatoms. The van der Waals surface area contributed by atoms with Crippen LogP contribution in [0.1, 0.15) is 38.0 Å². The van der Waals surface area contributed by atoms with Gasteiger partial charge in [0.25, 0.3) is 0 Å². The van der Waals surface area contributed by atoms with Crippen LogP contribution < -0.4 is 0 Å². The van der Waals surface area contributed by atoms with Crippen LogP contribution >= 0.6 is 35.0 Å². The maximum absolute atomic E-state index is 12.8. The Morgan fingerprint density at radius 1 is 0.741 bits per heavy atom. The van der Waals surface area contributed by atoms with E-state index in [9.17, 15) is 9.59 Å². The molecule has 2 nitrogen and oxygen atoms in total. The van der Waals surface area contributed by atoms with E-state index in [-0.39, 0.29) is 17.3 Å². The maximum Gasteiger partial charge on any atom is 0.219 e. The van der Waals surface area contributed by atoms with Gasteiger partial charge in [0.15, 0.2) is 5.78 Å². The molecule has 0 amide bonds. The van der Waals surface area contributed by atoms with E-state index >= 15 is 0 Å². The lowest BCUT2D eigenvalue weighted by molar-refractivity contribution is 0.0982. The first kappa shape index (κ1) is 19.7. The summed E-state index contributed by atoms with van der Waals surface area (Å²) >= 11 is 13.8. The average molecular weight is 415 g/mol. The molecule has 3 aromatic carbocycles. The van der Waals surface area contributed by atoms with Crippen LogP contribution in [0.5, 0.6) is 0 Å². The third kappa shape index (κ3) is 5.01. The number of ketones is 1. The zero-order chi connectivity index (χ0) is 19.2. The molecular formula is C22H16Cl2O2S. The summed E-state index contributed by atoms with van der Waals surface area (Å²) in [6.45, 7) is 0. The van der Waals surface area contributed by atoms with E-state index in [1.165, 1.54) is 0 Å². The first-order chi connectivity index (χ1) is 13.1. The number of Topliss-reactive ketones (excluding diaryl/α,β-unsaturated/α-hetero) is 1. The van der Waals surface area contributed by atoms with Crippen LogP contribution in [0.2, 0.25) is 10.0 Å². The van der Waals surface area contributed by atoms with Crippen LogP contribution in [0, 0.1) is 0 Å². The van der Waals surface area contributed by atoms with Crippen LogP contribution in [0.25, 0.3) is 0 Å². The second-order valence-corrected chi connectivity index (χ2v) is 7.88. The minimum atomic E-state index is -0.480. The molecule has 0 aliphatic carbocycles. The summed E-state index contributed by atoms with van der Waals surface area (Å²) in [7, 11) is 0. The van der Waals surface area contributed by atoms with Gasteiger partial charge in [0.05, 0.1) is 0 Å². The second-order valence-electron chi connectivity index (χ2n) is 5.89. The molecule has 0 fully saturated rings. The van der Waals surface area contributed by atoms with Crippen molar-refractivity contribution < 1.29 is 9.59 Å². The van der Waals surface area contributed by atoms with Gasteiger partial charge in [0, 0.05) is 38.4 Å². The third-order valence-electron chi connectivity index (χ3n) is 4.05. The van der Waals surface area contributed by atoms with Crippen molar-refractivity contribution in [3.8, 4) is 0 Å². The van der Waals surface area contributed by atoms with Gasteiger partial charge in [-0.25, -0.2) is 0 Å². The molecule has 1 atom stereocenters. The lowest BCUT2D eigenvalue weighted by atomic mass is 10.0. The molecule has 3 aromatic rings. The van der Waals surface area contributed by atoms with E-state index in [0.29, 0.717) is 26.7 Å². The van der Waals surface area contributed by atoms with Gasteiger partial charge in [-0.3, -0.25) is 9.59 Å². The van der Waals surface area contributed by atoms with Gasteiger partial charge >= 0.3 is 0 Å². The molecule has 0 spiro atoms. The minimum absolute atomic E-state index is 0.0649. The summed E-state index contributed by atoms with van der Waals surface area (Å²) in [6, 6.07) is 23.1. The molecule has 0 N–H and O–H groups in total. The third-order valence-corrected chi connectivity index (χ3v) is 5.84. The number of halogens is 2. The van der Waals surface area contributed by atoms with Gasteiger partial charge in [0.2, 0.25) is 5.12 Å². The van der Waals surface area contributed by atoms with E-state index in [4.69, 9.17) is 23.2 Å². The molecule has 0 aliphatic rings. The molecule has 0 saturated carbocycles. The highest BCUT2D eigenvalue weighted by atomic mass is 35.5. The van der Waals surface area contributed by atoms with Crippen molar-refractivity contribution in [3.63, 3.8) is 0 Å². The number of thioether (sulfide) groups is 1. The molecule has 0 aliphatic heterocycles. The van der Waals surface area contributed by atoms with Crippen LogP contribution in [0.3, 0.4) is 0 Å². The Labute approximate surface area is 172 Å². The molecule has 136 valence electrons. The summed E-state index contributed by atoms with van der Waals surface area (Å²) in [4.78, 5) is 25.5. The smallest absolute Gasteiger partial charge is 0.219 e. The van der Waals surface area contributed by atoms with Gasteiger partial charge in [-0.15, -0.1) is 0 Å². The molecular weight excluding hydrogens is 399 g/mol. The number of carbonyl (C=O) groups is 2. The molecule has 0 bridgehead atoms. The van der Waals surface area contributed by atoms with E-state index in [1.54, 1.807) is 54.6 Å². The topological polar surface area (TPSA) is 34.1 Å². The first-order valence-corrected chi connectivity index (χ1v) is 9.98. The quantitative estimate of drug-likeness (QED) is 0.412. The highest BCUT2D eigenvalue weighted by molar-refractivity contribution is 8.14. The van der Waals surface area contributed by atoms with E-state index < -0.39 is 5.25 Å². The van der Waals surface area contributed by atoms with E-state index in [0.717, 1.165) is 11.8 Å². The van der Waals surface area contributed by atoms with Crippen molar-refractivity contribution in [2.75, 3.05) is 0 Å².